The molecule has 1 atom stereocenters. The molecule has 0 bridgehead atoms. The lowest BCUT2D eigenvalue weighted by atomic mass is 9.85. The zero-order valence-corrected chi connectivity index (χ0v) is 23.9. The van der Waals surface area contributed by atoms with Crippen LogP contribution in [-0.4, -0.2) is 59.4 Å². The van der Waals surface area contributed by atoms with Crippen LogP contribution in [0, 0.1) is 0 Å². The zero-order valence-electron chi connectivity index (χ0n) is 23.9. The average molecular weight is 521 g/mol. The number of amides is 1. The van der Waals surface area contributed by atoms with Crippen LogP contribution in [0.5, 0.6) is 5.75 Å². The van der Waals surface area contributed by atoms with Gasteiger partial charge >= 0.3 is 0 Å². The highest BCUT2D eigenvalue weighted by Crippen LogP contribution is 2.40. The molecule has 0 aromatic heterocycles. The van der Waals surface area contributed by atoms with Crippen LogP contribution < -0.4 is 4.74 Å². The monoisotopic (exact) mass is 520 g/mol. The smallest absolute Gasteiger partial charge is 0.295 e. The highest BCUT2D eigenvalue weighted by atomic mass is 16.5. The Morgan fingerprint density at radius 3 is 2.13 bits per heavy atom. The molecule has 2 aromatic rings. The number of unbranched alkanes of at least 4 members (excludes halogenated alkanes) is 1. The summed E-state index contributed by atoms with van der Waals surface area (Å²) in [6.45, 7) is 16.6. The molecule has 1 unspecified atom stereocenters. The lowest BCUT2D eigenvalue weighted by Gasteiger charge is -2.27. The summed E-state index contributed by atoms with van der Waals surface area (Å²) in [5.41, 5.74) is 2.59. The molecule has 0 spiro atoms. The van der Waals surface area contributed by atoms with Crippen LogP contribution in [0.3, 0.4) is 0 Å². The van der Waals surface area contributed by atoms with E-state index in [0.717, 1.165) is 44.5 Å². The molecule has 1 amide bonds. The first-order valence-corrected chi connectivity index (χ1v) is 14.0. The Bertz CT molecular complexity index is 1110. The number of aliphatic hydroxyl groups is 1. The molecule has 0 radical (unpaired) electrons. The van der Waals surface area contributed by atoms with Crippen molar-refractivity contribution in [2.75, 3.05) is 32.8 Å². The third-order valence-electron chi connectivity index (χ3n) is 7.29. The van der Waals surface area contributed by atoms with E-state index in [2.05, 4.69) is 46.4 Å². The van der Waals surface area contributed by atoms with E-state index in [9.17, 15) is 14.7 Å². The van der Waals surface area contributed by atoms with E-state index >= 15 is 0 Å². The summed E-state index contributed by atoms with van der Waals surface area (Å²) >= 11 is 0. The minimum Gasteiger partial charge on any atom is -0.507 e. The molecule has 3 rings (SSSR count). The second-order valence-electron chi connectivity index (χ2n) is 11.0. The van der Waals surface area contributed by atoms with Gasteiger partial charge in [0.25, 0.3) is 11.7 Å². The van der Waals surface area contributed by atoms with Crippen LogP contribution in [0.15, 0.2) is 54.1 Å². The van der Waals surface area contributed by atoms with Crippen molar-refractivity contribution < 1.29 is 19.4 Å². The van der Waals surface area contributed by atoms with Crippen molar-refractivity contribution in [2.24, 2.45) is 0 Å². The first-order chi connectivity index (χ1) is 18.1. The molecule has 1 heterocycles. The van der Waals surface area contributed by atoms with E-state index in [1.54, 1.807) is 29.2 Å². The number of ether oxygens (including phenoxy) is 1. The normalized spacial score (nSPS) is 17.4. The number of hydrogen-bond donors (Lipinski definition) is 1. The molecule has 1 aliphatic rings. The van der Waals surface area contributed by atoms with Crippen molar-refractivity contribution in [3.05, 3.63) is 70.8 Å². The maximum atomic E-state index is 13.3. The van der Waals surface area contributed by atoms with E-state index in [1.165, 1.54) is 5.56 Å². The molecular formula is C32H44N2O4. The van der Waals surface area contributed by atoms with Gasteiger partial charge in [-0.3, -0.25) is 9.59 Å². The lowest BCUT2D eigenvalue weighted by molar-refractivity contribution is -0.140. The highest BCUT2D eigenvalue weighted by Gasteiger charge is 2.45. The molecule has 38 heavy (non-hydrogen) atoms. The number of carbonyl (C=O) groups excluding carboxylic acids is 2. The Kier molecular flexibility index (Phi) is 10.1. The van der Waals surface area contributed by atoms with Gasteiger partial charge in [-0.2, -0.15) is 0 Å². The van der Waals surface area contributed by atoms with Crippen LogP contribution in [-0.2, 0) is 15.0 Å². The highest BCUT2D eigenvalue weighted by molar-refractivity contribution is 6.46. The Labute approximate surface area is 228 Å². The Morgan fingerprint density at radius 2 is 1.58 bits per heavy atom. The van der Waals surface area contributed by atoms with E-state index in [4.69, 9.17) is 4.74 Å². The number of likely N-dealkylation sites (tertiary alicyclic amines) is 1. The van der Waals surface area contributed by atoms with Crippen molar-refractivity contribution in [1.82, 2.24) is 9.80 Å². The number of carbonyl (C=O) groups is 2. The largest absolute Gasteiger partial charge is 0.507 e. The summed E-state index contributed by atoms with van der Waals surface area (Å²) in [4.78, 5) is 30.6. The maximum absolute atomic E-state index is 13.3. The Morgan fingerprint density at radius 1 is 0.947 bits per heavy atom. The lowest BCUT2D eigenvalue weighted by Crippen LogP contribution is -2.33. The second kappa shape index (κ2) is 13.1. The molecule has 1 saturated heterocycles. The van der Waals surface area contributed by atoms with E-state index in [0.29, 0.717) is 24.5 Å². The SMILES string of the molecule is CCCCOc1ccc(C(O)=C2C(=O)C(=O)N(CCCN(CC)CC)C2c2ccc(C(C)(C)C)cc2)cc1. The summed E-state index contributed by atoms with van der Waals surface area (Å²) in [6.07, 6.45) is 2.76. The third kappa shape index (κ3) is 6.84. The number of aliphatic hydroxyl groups excluding tert-OH is 1. The number of benzene rings is 2. The fraction of sp³-hybridized carbons (Fsp3) is 0.500. The van der Waals surface area contributed by atoms with Gasteiger partial charge in [0, 0.05) is 12.1 Å². The second-order valence-corrected chi connectivity index (χ2v) is 11.0. The number of hydrogen-bond acceptors (Lipinski definition) is 5. The summed E-state index contributed by atoms with van der Waals surface area (Å²) in [7, 11) is 0. The predicted octanol–water partition coefficient (Wildman–Crippen LogP) is 6.32. The minimum atomic E-state index is -0.640. The fourth-order valence-electron chi connectivity index (χ4n) is 4.83. The summed E-state index contributed by atoms with van der Waals surface area (Å²) in [5, 5.41) is 11.4. The maximum Gasteiger partial charge on any atom is 0.295 e. The molecule has 1 N–H and O–H groups in total. The minimum absolute atomic E-state index is 0.0228. The van der Waals surface area contributed by atoms with Crippen molar-refractivity contribution >= 4 is 17.4 Å². The molecular weight excluding hydrogens is 476 g/mol. The van der Waals surface area contributed by atoms with Gasteiger partial charge in [-0.15, -0.1) is 0 Å². The molecule has 0 aliphatic carbocycles. The molecule has 6 nitrogen and oxygen atoms in total. The van der Waals surface area contributed by atoms with Crippen molar-refractivity contribution in [3.8, 4) is 5.75 Å². The summed E-state index contributed by atoms with van der Waals surface area (Å²) in [6, 6.07) is 14.5. The van der Waals surface area contributed by atoms with Crippen molar-refractivity contribution in [3.63, 3.8) is 0 Å². The topological polar surface area (TPSA) is 70.1 Å². The van der Waals surface area contributed by atoms with Gasteiger partial charge < -0.3 is 19.6 Å². The van der Waals surface area contributed by atoms with Gasteiger partial charge in [0.15, 0.2) is 0 Å². The standard InChI is InChI=1S/C32H44N2O4/c1-7-10-22-38-26-18-14-24(15-19-26)29(35)27-28(23-12-16-25(17-13-23)32(4,5)6)34(31(37)30(27)36)21-11-20-33(8-2)9-3/h12-19,28,35H,7-11,20-22H2,1-6H3. The van der Waals surface area contributed by atoms with E-state index < -0.39 is 17.7 Å². The van der Waals surface area contributed by atoms with E-state index in [1.807, 2.05) is 24.3 Å². The molecule has 1 aliphatic heterocycles. The molecule has 1 fully saturated rings. The van der Waals surface area contributed by atoms with Crippen molar-refractivity contribution in [1.29, 1.82) is 0 Å². The van der Waals surface area contributed by atoms with Gasteiger partial charge in [-0.25, -0.2) is 0 Å². The van der Waals surface area contributed by atoms with Gasteiger partial charge in [-0.1, -0.05) is 72.2 Å². The fourth-order valence-corrected chi connectivity index (χ4v) is 4.83. The number of rotatable bonds is 12. The van der Waals surface area contributed by atoms with Crippen LogP contribution >= 0.6 is 0 Å². The number of Topliss-reactive ketones (excluding diaryl/α,β-unsaturated/α-hetero) is 1. The van der Waals surface area contributed by atoms with Gasteiger partial charge in [0.1, 0.15) is 11.5 Å². The van der Waals surface area contributed by atoms with E-state index in [-0.39, 0.29) is 16.7 Å². The molecule has 2 aromatic carbocycles. The predicted molar refractivity (Wildman–Crippen MR) is 153 cm³/mol. The quantitative estimate of drug-likeness (QED) is 0.154. The Balaban J connectivity index is 1.99. The zero-order chi connectivity index (χ0) is 27.9. The van der Waals surface area contributed by atoms with Gasteiger partial charge in [-0.05, 0) is 73.3 Å². The first-order valence-electron chi connectivity index (χ1n) is 14.0. The van der Waals surface area contributed by atoms with Crippen LogP contribution in [0.2, 0.25) is 0 Å². The average Bonchev–Trinajstić information content (AvgIpc) is 3.16. The summed E-state index contributed by atoms with van der Waals surface area (Å²) < 4.78 is 5.74. The van der Waals surface area contributed by atoms with Crippen LogP contribution in [0.4, 0.5) is 0 Å². The van der Waals surface area contributed by atoms with Crippen LogP contribution in [0.1, 0.15) is 83.5 Å². The van der Waals surface area contributed by atoms with Crippen LogP contribution in [0.25, 0.3) is 5.76 Å². The van der Waals surface area contributed by atoms with Gasteiger partial charge in [0.05, 0.1) is 18.2 Å². The van der Waals surface area contributed by atoms with Gasteiger partial charge in [0.2, 0.25) is 0 Å². The molecule has 6 heteroatoms. The number of ketones is 1. The molecule has 0 saturated carbocycles. The first kappa shape index (κ1) is 29.4. The number of nitrogens with zero attached hydrogens (tertiary/aromatic N) is 2. The molecule has 206 valence electrons. The Hall–Kier alpha value is -3.12. The van der Waals surface area contributed by atoms with Crippen molar-refractivity contribution in [2.45, 2.75) is 72.3 Å². The third-order valence-corrected chi connectivity index (χ3v) is 7.29. The summed E-state index contributed by atoms with van der Waals surface area (Å²) in [5.74, 6) is -0.644.